The minimum Gasteiger partial charge on any atom is -0.461 e. The van der Waals surface area contributed by atoms with Crippen LogP contribution in [-0.2, 0) is 17.7 Å². The van der Waals surface area contributed by atoms with Crippen LogP contribution in [0, 0.1) is 0 Å². The number of carbonyl (C=O) groups excluding carboxylic acids is 1. The van der Waals surface area contributed by atoms with Gasteiger partial charge in [-0.1, -0.05) is 25.0 Å². The molecule has 6 nitrogen and oxygen atoms in total. The number of hydrogen-bond donors (Lipinski definition) is 0. The lowest BCUT2D eigenvalue weighted by atomic mass is 10.1. The Hall–Kier alpha value is -1.43. The second-order valence-corrected chi connectivity index (χ2v) is 5.48. The van der Waals surface area contributed by atoms with Gasteiger partial charge in [0.2, 0.25) is 0 Å². The smallest absolute Gasteiger partial charge is 0.360 e. The van der Waals surface area contributed by atoms with E-state index in [9.17, 15) is 4.79 Å². The number of carbonyl (C=O) groups is 1. The van der Waals surface area contributed by atoms with Gasteiger partial charge in [-0.05, 0) is 39.3 Å². The van der Waals surface area contributed by atoms with Crippen molar-refractivity contribution in [3.05, 3.63) is 11.4 Å². The van der Waals surface area contributed by atoms with Gasteiger partial charge < -0.3 is 9.64 Å². The average molecular weight is 294 g/mol. The number of rotatable bonds is 7. The van der Waals surface area contributed by atoms with E-state index in [1.54, 1.807) is 6.92 Å². The number of piperidine rings is 1. The third-order valence-corrected chi connectivity index (χ3v) is 3.87. The van der Waals surface area contributed by atoms with E-state index in [-0.39, 0.29) is 5.97 Å². The van der Waals surface area contributed by atoms with E-state index in [1.165, 1.54) is 32.4 Å². The first kappa shape index (κ1) is 15.9. The molecule has 6 heteroatoms. The normalized spacial score (nSPS) is 16.1. The van der Waals surface area contributed by atoms with Crippen LogP contribution in [0.5, 0.6) is 0 Å². The zero-order valence-corrected chi connectivity index (χ0v) is 13.2. The Morgan fingerprint density at radius 1 is 1.19 bits per heavy atom. The molecule has 2 heterocycles. The molecular weight excluding hydrogens is 268 g/mol. The molecule has 1 aliphatic rings. The molecule has 2 rings (SSSR count). The van der Waals surface area contributed by atoms with Gasteiger partial charge in [0.25, 0.3) is 0 Å². The molecule has 21 heavy (non-hydrogen) atoms. The summed E-state index contributed by atoms with van der Waals surface area (Å²) in [5.41, 5.74) is 1.30. The molecule has 0 spiro atoms. The maximum atomic E-state index is 11.9. The van der Waals surface area contributed by atoms with Gasteiger partial charge in [-0.25, -0.2) is 9.48 Å². The summed E-state index contributed by atoms with van der Waals surface area (Å²) in [5, 5.41) is 8.20. The summed E-state index contributed by atoms with van der Waals surface area (Å²) in [7, 11) is 0. The fourth-order valence-corrected chi connectivity index (χ4v) is 2.77. The van der Waals surface area contributed by atoms with Gasteiger partial charge in [-0.15, -0.1) is 5.10 Å². The quantitative estimate of drug-likeness (QED) is 0.719. The van der Waals surface area contributed by atoms with Crippen molar-refractivity contribution in [2.45, 2.75) is 52.5 Å². The van der Waals surface area contributed by atoms with Gasteiger partial charge in [0.15, 0.2) is 5.69 Å². The highest BCUT2D eigenvalue weighted by molar-refractivity contribution is 5.88. The fourth-order valence-electron chi connectivity index (χ4n) is 2.77. The number of nitrogens with zero attached hydrogens (tertiary/aromatic N) is 4. The summed E-state index contributed by atoms with van der Waals surface area (Å²) in [6.45, 7) is 8.37. The summed E-state index contributed by atoms with van der Waals surface area (Å²) >= 11 is 0. The monoisotopic (exact) mass is 294 g/mol. The van der Waals surface area contributed by atoms with E-state index in [2.05, 4.69) is 22.1 Å². The lowest BCUT2D eigenvalue weighted by Crippen LogP contribution is -2.33. The summed E-state index contributed by atoms with van der Waals surface area (Å²) in [4.78, 5) is 14.4. The molecule has 0 aliphatic carbocycles. The van der Waals surface area contributed by atoms with Crippen molar-refractivity contribution in [3.63, 3.8) is 0 Å². The minimum absolute atomic E-state index is 0.356. The fraction of sp³-hybridized carbons (Fsp3) is 0.800. The van der Waals surface area contributed by atoms with Gasteiger partial charge in [-0.2, -0.15) is 0 Å². The highest BCUT2D eigenvalue weighted by Crippen LogP contribution is 2.12. The number of esters is 1. The maximum absolute atomic E-state index is 11.9. The molecule has 1 aliphatic heterocycles. The standard InChI is InChI=1S/C15H26N4O2/c1-3-8-13-14(15(20)21-4-2)16-17-19(13)12-11-18-9-6-5-7-10-18/h3-12H2,1-2H3. The second-order valence-electron chi connectivity index (χ2n) is 5.48. The number of aromatic nitrogens is 3. The number of likely N-dealkylation sites (tertiary alicyclic amines) is 1. The molecular formula is C15H26N4O2. The van der Waals surface area contributed by atoms with Crippen LogP contribution in [0.2, 0.25) is 0 Å². The number of ether oxygens (including phenoxy) is 1. The first-order chi connectivity index (χ1) is 10.3. The molecule has 1 fully saturated rings. The van der Waals surface area contributed by atoms with Crippen LogP contribution in [0.1, 0.15) is 55.7 Å². The third-order valence-electron chi connectivity index (χ3n) is 3.87. The molecule has 1 aromatic rings. The Morgan fingerprint density at radius 2 is 1.95 bits per heavy atom. The maximum Gasteiger partial charge on any atom is 0.360 e. The molecule has 0 radical (unpaired) electrons. The highest BCUT2D eigenvalue weighted by atomic mass is 16.5. The minimum atomic E-state index is -0.356. The largest absolute Gasteiger partial charge is 0.461 e. The van der Waals surface area contributed by atoms with Gasteiger partial charge in [0.05, 0.1) is 18.8 Å². The zero-order valence-electron chi connectivity index (χ0n) is 13.2. The predicted molar refractivity (Wildman–Crippen MR) is 80.3 cm³/mol. The second kappa shape index (κ2) is 8.12. The van der Waals surface area contributed by atoms with Crippen LogP contribution in [0.4, 0.5) is 0 Å². The van der Waals surface area contributed by atoms with Gasteiger partial charge in [0, 0.05) is 6.54 Å². The lowest BCUT2D eigenvalue weighted by molar-refractivity contribution is 0.0518. The van der Waals surface area contributed by atoms with Crippen LogP contribution in [0.3, 0.4) is 0 Å². The van der Waals surface area contributed by atoms with Gasteiger partial charge in [0.1, 0.15) is 0 Å². The van der Waals surface area contributed by atoms with E-state index < -0.39 is 0 Å². The van der Waals surface area contributed by atoms with Crippen LogP contribution in [0.25, 0.3) is 0 Å². The Bertz CT molecular complexity index is 453. The first-order valence-electron chi connectivity index (χ1n) is 8.08. The summed E-state index contributed by atoms with van der Waals surface area (Å²) in [5.74, 6) is -0.356. The number of hydrogen-bond acceptors (Lipinski definition) is 5. The van der Waals surface area contributed by atoms with Crippen molar-refractivity contribution in [2.24, 2.45) is 0 Å². The summed E-state index contributed by atoms with van der Waals surface area (Å²) < 4.78 is 6.94. The molecule has 0 saturated carbocycles. The highest BCUT2D eigenvalue weighted by Gasteiger charge is 2.20. The molecule has 1 saturated heterocycles. The van der Waals surface area contributed by atoms with Crippen molar-refractivity contribution in [1.29, 1.82) is 0 Å². The van der Waals surface area contributed by atoms with E-state index in [0.29, 0.717) is 12.3 Å². The van der Waals surface area contributed by atoms with E-state index in [1.807, 2.05) is 4.68 Å². The van der Waals surface area contributed by atoms with Crippen molar-refractivity contribution in [1.82, 2.24) is 19.9 Å². The summed E-state index contributed by atoms with van der Waals surface area (Å²) in [6, 6.07) is 0. The van der Waals surface area contributed by atoms with Gasteiger partial charge in [-0.3, -0.25) is 0 Å². The third kappa shape index (κ3) is 4.27. The van der Waals surface area contributed by atoms with Crippen LogP contribution >= 0.6 is 0 Å². The van der Waals surface area contributed by atoms with Crippen LogP contribution < -0.4 is 0 Å². The molecule has 0 aromatic carbocycles. The summed E-state index contributed by atoms with van der Waals surface area (Å²) in [6.07, 6.45) is 5.68. The first-order valence-corrected chi connectivity index (χ1v) is 8.08. The van der Waals surface area contributed by atoms with Gasteiger partial charge >= 0.3 is 5.97 Å². The predicted octanol–water partition coefficient (Wildman–Crippen LogP) is 1.89. The van der Waals surface area contributed by atoms with E-state index in [0.717, 1.165) is 31.6 Å². The van der Waals surface area contributed by atoms with Crippen molar-refractivity contribution < 1.29 is 9.53 Å². The Morgan fingerprint density at radius 3 is 2.62 bits per heavy atom. The molecule has 0 N–H and O–H groups in total. The molecule has 118 valence electrons. The molecule has 0 unspecified atom stereocenters. The van der Waals surface area contributed by atoms with E-state index >= 15 is 0 Å². The molecule has 0 amide bonds. The Labute approximate surface area is 126 Å². The van der Waals surface area contributed by atoms with Crippen molar-refractivity contribution in [3.8, 4) is 0 Å². The van der Waals surface area contributed by atoms with Crippen molar-refractivity contribution >= 4 is 5.97 Å². The lowest BCUT2D eigenvalue weighted by Gasteiger charge is -2.26. The molecule has 0 bridgehead atoms. The Balaban J connectivity index is 2.02. The topological polar surface area (TPSA) is 60.2 Å². The SMILES string of the molecule is CCCc1c(C(=O)OCC)nnn1CCN1CCCCC1. The van der Waals surface area contributed by atoms with Crippen LogP contribution in [0.15, 0.2) is 0 Å². The zero-order chi connectivity index (χ0) is 15.1. The van der Waals surface area contributed by atoms with Crippen molar-refractivity contribution in [2.75, 3.05) is 26.2 Å². The Kier molecular flexibility index (Phi) is 6.17. The molecule has 0 atom stereocenters. The average Bonchev–Trinajstić information content (AvgIpc) is 2.90. The van der Waals surface area contributed by atoms with E-state index in [4.69, 9.17) is 4.74 Å². The van der Waals surface area contributed by atoms with Crippen LogP contribution in [-0.4, -0.2) is 52.1 Å². The molecule has 1 aromatic heterocycles.